The quantitative estimate of drug-likeness (QED) is 0.803. The molecule has 17 heavy (non-hydrogen) atoms. The molecule has 1 aromatic carbocycles. The fourth-order valence-corrected chi connectivity index (χ4v) is 2.37. The zero-order chi connectivity index (χ0) is 13.1. The summed E-state index contributed by atoms with van der Waals surface area (Å²) in [6, 6.07) is 7.55. The van der Waals surface area contributed by atoms with E-state index in [2.05, 4.69) is 0 Å². The summed E-state index contributed by atoms with van der Waals surface area (Å²) in [5.41, 5.74) is 1.01. The average molecular weight is 257 g/mol. The number of para-hydroxylation sites is 1. The highest BCUT2D eigenvalue weighted by Gasteiger charge is 2.19. The summed E-state index contributed by atoms with van der Waals surface area (Å²) in [6.07, 6.45) is 1.85. The summed E-state index contributed by atoms with van der Waals surface area (Å²) in [5, 5.41) is 0. The summed E-state index contributed by atoms with van der Waals surface area (Å²) in [7, 11) is 0.0583. The van der Waals surface area contributed by atoms with Gasteiger partial charge in [-0.3, -0.25) is 0 Å². The summed E-state index contributed by atoms with van der Waals surface area (Å²) in [5.74, 6) is 0.793. The first-order valence-corrected chi connectivity index (χ1v) is 7.26. The van der Waals surface area contributed by atoms with Crippen molar-refractivity contribution in [3.8, 4) is 5.75 Å². The van der Waals surface area contributed by atoms with E-state index in [1.807, 2.05) is 31.2 Å². The van der Waals surface area contributed by atoms with Crippen molar-refractivity contribution >= 4 is 10.0 Å². The first-order valence-electron chi connectivity index (χ1n) is 5.41. The fourth-order valence-electron chi connectivity index (χ4n) is 1.65. The number of likely N-dealkylation sites (N-methyl/N-ethyl adjacent to an activating group) is 1. The lowest BCUT2D eigenvalue weighted by Gasteiger charge is -2.23. The molecule has 0 aliphatic carbocycles. The molecule has 0 saturated heterocycles. The van der Waals surface area contributed by atoms with E-state index in [0.29, 0.717) is 6.42 Å². The van der Waals surface area contributed by atoms with Crippen LogP contribution in [0.2, 0.25) is 0 Å². The van der Waals surface area contributed by atoms with Gasteiger partial charge in [-0.15, -0.1) is 0 Å². The molecule has 0 radical (unpaired) electrons. The van der Waals surface area contributed by atoms with E-state index in [4.69, 9.17) is 4.74 Å². The Morgan fingerprint density at radius 1 is 1.35 bits per heavy atom. The van der Waals surface area contributed by atoms with Crippen LogP contribution in [-0.4, -0.2) is 39.2 Å². The third-order valence-electron chi connectivity index (χ3n) is 2.85. The van der Waals surface area contributed by atoms with Gasteiger partial charge in [0.25, 0.3) is 0 Å². The second-order valence-electron chi connectivity index (χ2n) is 4.14. The van der Waals surface area contributed by atoms with E-state index >= 15 is 0 Å². The van der Waals surface area contributed by atoms with Gasteiger partial charge in [-0.1, -0.05) is 18.2 Å². The molecule has 96 valence electrons. The molecule has 0 aromatic heterocycles. The Balaban J connectivity index is 2.84. The molecule has 5 heteroatoms. The molecule has 0 amide bonds. The van der Waals surface area contributed by atoms with Crippen molar-refractivity contribution in [2.45, 2.75) is 19.4 Å². The van der Waals surface area contributed by atoms with Crippen molar-refractivity contribution in [3.63, 3.8) is 0 Å². The van der Waals surface area contributed by atoms with Crippen molar-refractivity contribution in [2.24, 2.45) is 0 Å². The van der Waals surface area contributed by atoms with E-state index in [9.17, 15) is 8.42 Å². The smallest absolute Gasteiger partial charge is 0.211 e. The fraction of sp³-hybridized carbons (Fsp3) is 0.500. The number of sulfonamides is 1. The van der Waals surface area contributed by atoms with Crippen LogP contribution in [0.5, 0.6) is 5.75 Å². The van der Waals surface area contributed by atoms with Crippen LogP contribution in [0.25, 0.3) is 0 Å². The molecule has 0 heterocycles. The molecule has 1 rings (SSSR count). The van der Waals surface area contributed by atoms with E-state index in [-0.39, 0.29) is 6.04 Å². The maximum atomic E-state index is 11.4. The molecule has 0 saturated carbocycles. The largest absolute Gasteiger partial charge is 0.496 e. The lowest BCUT2D eigenvalue weighted by Crippen LogP contribution is -2.35. The molecule has 0 N–H and O–H groups in total. The second kappa shape index (κ2) is 5.51. The molecule has 1 aromatic rings. The zero-order valence-electron chi connectivity index (χ0n) is 10.7. The molecule has 0 fully saturated rings. The van der Waals surface area contributed by atoms with Crippen molar-refractivity contribution in [2.75, 3.05) is 20.4 Å². The second-order valence-corrected chi connectivity index (χ2v) is 6.19. The minimum absolute atomic E-state index is 0.0960. The van der Waals surface area contributed by atoms with Crippen molar-refractivity contribution < 1.29 is 13.2 Å². The number of methoxy groups -OCH3 is 1. The Bertz CT molecular complexity index is 470. The molecule has 0 unspecified atom stereocenters. The third-order valence-corrected chi connectivity index (χ3v) is 4.26. The highest BCUT2D eigenvalue weighted by atomic mass is 32.2. The number of rotatable bonds is 5. The molecule has 4 nitrogen and oxygen atoms in total. The third kappa shape index (κ3) is 3.71. The normalized spacial score (nSPS) is 13.7. The maximum Gasteiger partial charge on any atom is 0.211 e. The molecular formula is C12H19NO3S. The Labute approximate surface area is 103 Å². The van der Waals surface area contributed by atoms with Crippen LogP contribution in [0.15, 0.2) is 24.3 Å². The standard InChI is InChI=1S/C12H19NO3S/c1-10(13(2)17(4,14)15)9-11-7-5-6-8-12(11)16-3/h5-8,10H,9H2,1-4H3/t10-/m0/s1. The number of hydrogen-bond acceptors (Lipinski definition) is 3. The average Bonchev–Trinajstić information content (AvgIpc) is 2.27. The number of nitrogens with zero attached hydrogens (tertiary/aromatic N) is 1. The van der Waals surface area contributed by atoms with Crippen molar-refractivity contribution in [1.82, 2.24) is 4.31 Å². The van der Waals surface area contributed by atoms with Crippen LogP contribution in [0.3, 0.4) is 0 Å². The van der Waals surface area contributed by atoms with E-state index < -0.39 is 10.0 Å². The van der Waals surface area contributed by atoms with E-state index in [1.54, 1.807) is 14.2 Å². The van der Waals surface area contributed by atoms with Crippen LogP contribution < -0.4 is 4.74 Å². The minimum atomic E-state index is -3.15. The van der Waals surface area contributed by atoms with Gasteiger partial charge in [0.2, 0.25) is 10.0 Å². The Morgan fingerprint density at radius 2 is 1.94 bits per heavy atom. The van der Waals surface area contributed by atoms with Gasteiger partial charge in [-0.05, 0) is 25.0 Å². The molecule has 1 atom stereocenters. The van der Waals surface area contributed by atoms with Gasteiger partial charge in [0.15, 0.2) is 0 Å². The van der Waals surface area contributed by atoms with Crippen LogP contribution in [0.4, 0.5) is 0 Å². The predicted molar refractivity (Wildman–Crippen MR) is 68.8 cm³/mol. The SMILES string of the molecule is COc1ccccc1C[C@H](C)N(C)S(C)(=O)=O. The van der Waals surface area contributed by atoms with Gasteiger partial charge in [-0.25, -0.2) is 12.7 Å². The van der Waals surface area contributed by atoms with Gasteiger partial charge in [0, 0.05) is 13.1 Å². The minimum Gasteiger partial charge on any atom is -0.496 e. The van der Waals surface area contributed by atoms with Crippen molar-refractivity contribution in [3.05, 3.63) is 29.8 Å². The van der Waals surface area contributed by atoms with Gasteiger partial charge >= 0.3 is 0 Å². The summed E-state index contributed by atoms with van der Waals surface area (Å²) in [4.78, 5) is 0. The number of benzene rings is 1. The molecule has 0 aliphatic heterocycles. The number of ether oxygens (including phenoxy) is 1. The van der Waals surface area contributed by atoms with Gasteiger partial charge in [0.05, 0.1) is 13.4 Å². The van der Waals surface area contributed by atoms with Crippen LogP contribution in [0, 0.1) is 0 Å². The monoisotopic (exact) mass is 257 g/mol. The van der Waals surface area contributed by atoms with Crippen LogP contribution >= 0.6 is 0 Å². The molecule has 0 spiro atoms. The van der Waals surface area contributed by atoms with Crippen LogP contribution in [0.1, 0.15) is 12.5 Å². The lowest BCUT2D eigenvalue weighted by molar-refractivity contribution is 0.376. The highest BCUT2D eigenvalue weighted by molar-refractivity contribution is 7.88. The number of hydrogen-bond donors (Lipinski definition) is 0. The Kier molecular flexibility index (Phi) is 4.54. The molecule has 0 aliphatic rings. The van der Waals surface area contributed by atoms with Crippen LogP contribution in [-0.2, 0) is 16.4 Å². The van der Waals surface area contributed by atoms with Gasteiger partial charge in [0.1, 0.15) is 5.75 Å². The first-order chi connectivity index (χ1) is 7.86. The van der Waals surface area contributed by atoms with E-state index in [1.165, 1.54) is 10.6 Å². The first kappa shape index (κ1) is 14.0. The highest BCUT2D eigenvalue weighted by Crippen LogP contribution is 2.20. The predicted octanol–water partition coefficient (Wildman–Crippen LogP) is 1.52. The maximum absolute atomic E-state index is 11.4. The zero-order valence-corrected chi connectivity index (χ0v) is 11.5. The van der Waals surface area contributed by atoms with Gasteiger partial charge < -0.3 is 4.74 Å². The summed E-state index contributed by atoms with van der Waals surface area (Å²) in [6.45, 7) is 1.88. The topological polar surface area (TPSA) is 46.6 Å². The van der Waals surface area contributed by atoms with Gasteiger partial charge in [-0.2, -0.15) is 0 Å². The molecule has 0 bridgehead atoms. The molecular weight excluding hydrogens is 238 g/mol. The Hall–Kier alpha value is -1.07. The summed E-state index contributed by atoms with van der Waals surface area (Å²) < 4.78 is 29.4. The summed E-state index contributed by atoms with van der Waals surface area (Å²) >= 11 is 0. The Morgan fingerprint density at radius 3 is 2.47 bits per heavy atom. The van der Waals surface area contributed by atoms with Crippen molar-refractivity contribution in [1.29, 1.82) is 0 Å². The van der Waals surface area contributed by atoms with E-state index in [0.717, 1.165) is 11.3 Å². The lowest BCUT2D eigenvalue weighted by atomic mass is 10.1.